The Morgan fingerprint density at radius 3 is 2.56 bits per heavy atom. The number of amides is 1. The topological polar surface area (TPSA) is 49.3 Å². The van der Waals surface area contributed by atoms with Crippen molar-refractivity contribution in [3.63, 3.8) is 0 Å². The average molecular weight is 261 g/mol. The molecule has 0 aromatic heterocycles. The average Bonchev–Trinajstić information content (AvgIpc) is 2.26. The molecule has 0 saturated carbocycles. The summed E-state index contributed by atoms with van der Waals surface area (Å²) in [4.78, 5) is 11.4. The molecule has 0 radical (unpaired) electrons. The molecule has 18 heavy (non-hydrogen) atoms. The molecule has 0 bridgehead atoms. The maximum Gasteiger partial charge on any atom is 0.389 e. The van der Waals surface area contributed by atoms with Gasteiger partial charge in [0.15, 0.2) is 0 Å². The van der Waals surface area contributed by atoms with E-state index in [2.05, 4.69) is 5.32 Å². The second-order valence-corrected chi connectivity index (χ2v) is 3.87. The third-order valence-corrected chi connectivity index (χ3v) is 2.30. The molecule has 0 saturated heterocycles. The van der Waals surface area contributed by atoms with Crippen LogP contribution in [-0.4, -0.2) is 23.7 Å². The summed E-state index contributed by atoms with van der Waals surface area (Å²) in [5.41, 5.74) is 0.450. The van der Waals surface area contributed by atoms with E-state index in [-0.39, 0.29) is 25.1 Å². The first-order chi connectivity index (χ1) is 8.38. The molecule has 0 aliphatic rings. The lowest BCUT2D eigenvalue weighted by atomic mass is 10.1. The molecule has 1 amide bonds. The van der Waals surface area contributed by atoms with E-state index in [1.54, 1.807) is 18.2 Å². The van der Waals surface area contributed by atoms with Crippen LogP contribution in [0, 0.1) is 0 Å². The first-order valence-corrected chi connectivity index (χ1v) is 5.49. The number of alkyl halides is 3. The van der Waals surface area contributed by atoms with Crippen LogP contribution in [0.2, 0.25) is 0 Å². The van der Waals surface area contributed by atoms with Gasteiger partial charge in [0.05, 0.1) is 6.42 Å². The predicted octanol–water partition coefficient (Wildman–Crippen LogP) is 2.39. The number of rotatable bonds is 5. The number of aromatic hydroxyl groups is 1. The maximum absolute atomic E-state index is 11.8. The SMILES string of the molecule is O=C(Cc1ccccc1O)NCCCC(F)(F)F. The molecule has 0 aliphatic heterocycles. The van der Waals surface area contributed by atoms with E-state index in [1.807, 2.05) is 0 Å². The van der Waals surface area contributed by atoms with E-state index in [4.69, 9.17) is 0 Å². The number of hydrogen-bond acceptors (Lipinski definition) is 2. The summed E-state index contributed by atoms with van der Waals surface area (Å²) in [7, 11) is 0. The van der Waals surface area contributed by atoms with Gasteiger partial charge in [0.25, 0.3) is 0 Å². The van der Waals surface area contributed by atoms with Crippen molar-refractivity contribution >= 4 is 5.91 Å². The quantitative estimate of drug-likeness (QED) is 0.799. The molecule has 1 aromatic carbocycles. The Kier molecular flexibility index (Phi) is 5.00. The van der Waals surface area contributed by atoms with Crippen molar-refractivity contribution in [2.24, 2.45) is 0 Å². The molecule has 0 fully saturated rings. The number of phenolic OH excluding ortho intramolecular Hbond substituents is 1. The summed E-state index contributed by atoms with van der Waals surface area (Å²) in [6, 6.07) is 6.34. The van der Waals surface area contributed by atoms with Gasteiger partial charge in [-0.1, -0.05) is 18.2 Å². The zero-order chi connectivity index (χ0) is 13.6. The fourth-order valence-electron chi connectivity index (χ4n) is 1.41. The van der Waals surface area contributed by atoms with Gasteiger partial charge in [-0.3, -0.25) is 4.79 Å². The largest absolute Gasteiger partial charge is 0.508 e. The third kappa shape index (κ3) is 5.56. The van der Waals surface area contributed by atoms with E-state index >= 15 is 0 Å². The highest BCUT2D eigenvalue weighted by atomic mass is 19.4. The molecule has 0 atom stereocenters. The van der Waals surface area contributed by atoms with Crippen LogP contribution >= 0.6 is 0 Å². The highest BCUT2D eigenvalue weighted by molar-refractivity contribution is 5.79. The van der Waals surface area contributed by atoms with Gasteiger partial charge in [0.1, 0.15) is 5.75 Å². The van der Waals surface area contributed by atoms with Crippen LogP contribution < -0.4 is 5.32 Å². The summed E-state index contributed by atoms with van der Waals surface area (Å²) in [6.45, 7) is -0.0219. The van der Waals surface area contributed by atoms with Crippen molar-refractivity contribution in [2.45, 2.75) is 25.4 Å². The van der Waals surface area contributed by atoms with Crippen LogP contribution in [0.1, 0.15) is 18.4 Å². The van der Waals surface area contributed by atoms with E-state index in [0.717, 1.165) is 0 Å². The number of phenols is 1. The van der Waals surface area contributed by atoms with E-state index in [1.165, 1.54) is 6.07 Å². The number of halogens is 3. The van der Waals surface area contributed by atoms with Crippen molar-refractivity contribution in [1.82, 2.24) is 5.32 Å². The van der Waals surface area contributed by atoms with Crippen LogP contribution in [0.4, 0.5) is 13.2 Å². The minimum Gasteiger partial charge on any atom is -0.508 e. The second-order valence-electron chi connectivity index (χ2n) is 3.87. The standard InChI is InChI=1S/C12H14F3NO2/c13-12(14,15)6-3-7-16-11(18)8-9-4-1-2-5-10(9)17/h1-2,4-5,17H,3,6-8H2,(H,16,18). The Labute approximate surface area is 103 Å². The first-order valence-electron chi connectivity index (χ1n) is 5.49. The van der Waals surface area contributed by atoms with Crippen LogP contribution in [0.15, 0.2) is 24.3 Å². The van der Waals surface area contributed by atoms with Crippen molar-refractivity contribution in [1.29, 1.82) is 0 Å². The van der Waals surface area contributed by atoms with Crippen LogP contribution in [0.3, 0.4) is 0 Å². The van der Waals surface area contributed by atoms with Gasteiger partial charge in [-0.2, -0.15) is 13.2 Å². The second kappa shape index (κ2) is 6.28. The molecule has 6 heteroatoms. The van der Waals surface area contributed by atoms with Crippen LogP contribution in [0.25, 0.3) is 0 Å². The maximum atomic E-state index is 11.8. The Morgan fingerprint density at radius 2 is 1.94 bits per heavy atom. The lowest BCUT2D eigenvalue weighted by Crippen LogP contribution is -2.27. The van der Waals surface area contributed by atoms with E-state index < -0.39 is 18.5 Å². The summed E-state index contributed by atoms with van der Waals surface area (Å²) in [6.07, 6.45) is -5.29. The Balaban J connectivity index is 2.29. The molecule has 0 aliphatic carbocycles. The lowest BCUT2D eigenvalue weighted by Gasteiger charge is -2.08. The van der Waals surface area contributed by atoms with Gasteiger partial charge in [-0.15, -0.1) is 0 Å². The van der Waals surface area contributed by atoms with Crippen molar-refractivity contribution in [2.75, 3.05) is 6.54 Å². The fourth-order valence-corrected chi connectivity index (χ4v) is 1.41. The smallest absolute Gasteiger partial charge is 0.389 e. The number of benzene rings is 1. The van der Waals surface area contributed by atoms with Gasteiger partial charge >= 0.3 is 6.18 Å². The lowest BCUT2D eigenvalue weighted by molar-refractivity contribution is -0.136. The Bertz CT molecular complexity index is 405. The van der Waals surface area contributed by atoms with Crippen molar-refractivity contribution in [3.05, 3.63) is 29.8 Å². The number of carbonyl (C=O) groups is 1. The summed E-state index contributed by atoms with van der Waals surface area (Å²) < 4.78 is 35.5. The Morgan fingerprint density at radius 1 is 1.28 bits per heavy atom. The van der Waals surface area contributed by atoms with Crippen molar-refractivity contribution in [3.8, 4) is 5.75 Å². The monoisotopic (exact) mass is 261 g/mol. The molecule has 1 rings (SSSR count). The highest BCUT2D eigenvalue weighted by Gasteiger charge is 2.25. The van der Waals surface area contributed by atoms with E-state index in [9.17, 15) is 23.1 Å². The zero-order valence-corrected chi connectivity index (χ0v) is 9.63. The normalized spacial score (nSPS) is 11.3. The van der Waals surface area contributed by atoms with Crippen LogP contribution in [0.5, 0.6) is 5.75 Å². The first kappa shape index (κ1) is 14.3. The van der Waals surface area contributed by atoms with Gasteiger partial charge in [0.2, 0.25) is 5.91 Å². The van der Waals surface area contributed by atoms with Gasteiger partial charge in [-0.05, 0) is 12.5 Å². The Hall–Kier alpha value is -1.72. The fraction of sp³-hybridized carbons (Fsp3) is 0.417. The number of nitrogens with one attached hydrogen (secondary N) is 1. The summed E-state index contributed by atoms with van der Waals surface area (Å²) in [5, 5.41) is 11.8. The van der Waals surface area contributed by atoms with Crippen LogP contribution in [-0.2, 0) is 11.2 Å². The van der Waals surface area contributed by atoms with Crippen molar-refractivity contribution < 1.29 is 23.1 Å². The molecule has 1 aromatic rings. The molecule has 0 unspecified atom stereocenters. The molecule has 3 nitrogen and oxygen atoms in total. The predicted molar refractivity (Wildman–Crippen MR) is 60.1 cm³/mol. The van der Waals surface area contributed by atoms with Gasteiger partial charge in [-0.25, -0.2) is 0 Å². The summed E-state index contributed by atoms with van der Waals surface area (Å²) >= 11 is 0. The number of carbonyl (C=O) groups excluding carboxylic acids is 1. The molecule has 2 N–H and O–H groups in total. The minimum atomic E-state index is -4.19. The third-order valence-electron chi connectivity index (χ3n) is 2.30. The zero-order valence-electron chi connectivity index (χ0n) is 9.63. The van der Waals surface area contributed by atoms with E-state index in [0.29, 0.717) is 5.56 Å². The molecule has 0 spiro atoms. The minimum absolute atomic E-state index is 0.00272. The molecular formula is C12H14F3NO2. The number of para-hydroxylation sites is 1. The number of hydrogen-bond donors (Lipinski definition) is 2. The van der Waals surface area contributed by atoms with Gasteiger partial charge in [0, 0.05) is 18.5 Å². The molecular weight excluding hydrogens is 247 g/mol. The molecule has 100 valence electrons. The molecule has 0 heterocycles. The van der Waals surface area contributed by atoms with Gasteiger partial charge < -0.3 is 10.4 Å². The summed E-state index contributed by atoms with van der Waals surface area (Å²) in [5.74, 6) is -0.401. The highest BCUT2D eigenvalue weighted by Crippen LogP contribution is 2.20.